The number of nitrogens with one attached hydrogen (secondary N) is 1. The van der Waals surface area contributed by atoms with Crippen LogP contribution in [-0.2, 0) is 4.74 Å². The highest BCUT2D eigenvalue weighted by Crippen LogP contribution is 2.10. The molecule has 0 radical (unpaired) electrons. The summed E-state index contributed by atoms with van der Waals surface area (Å²) in [7, 11) is 0. The van der Waals surface area contributed by atoms with E-state index in [1.54, 1.807) is 26.8 Å². The first kappa shape index (κ1) is 13.0. The van der Waals surface area contributed by atoms with Crippen molar-refractivity contribution < 1.29 is 14.3 Å². The number of primary amides is 1. The van der Waals surface area contributed by atoms with E-state index in [9.17, 15) is 9.59 Å². The molecule has 0 fully saturated rings. The number of nitrogens with zero attached hydrogens (tertiary/aromatic N) is 1. The maximum Gasteiger partial charge on any atom is 0.413 e. The van der Waals surface area contributed by atoms with Gasteiger partial charge < -0.3 is 10.5 Å². The predicted molar refractivity (Wildman–Crippen MR) is 62.6 cm³/mol. The molecule has 0 atom stereocenters. The quantitative estimate of drug-likeness (QED) is 0.815. The molecule has 6 nitrogen and oxygen atoms in total. The van der Waals surface area contributed by atoms with Crippen LogP contribution in [0.2, 0.25) is 0 Å². The topological polar surface area (TPSA) is 94.3 Å². The van der Waals surface area contributed by atoms with Crippen LogP contribution in [0.3, 0.4) is 0 Å². The number of carbonyl (C=O) groups is 2. The third-order valence-corrected chi connectivity index (χ3v) is 1.63. The summed E-state index contributed by atoms with van der Waals surface area (Å²) in [5.41, 5.74) is 4.56. The Balaban J connectivity index is 2.72. The number of rotatable bonds is 2. The molecule has 0 saturated heterocycles. The molecule has 0 unspecified atom stereocenters. The van der Waals surface area contributed by atoms with Crippen molar-refractivity contribution in [2.75, 3.05) is 5.32 Å². The minimum Gasteiger partial charge on any atom is -0.444 e. The normalized spacial score (nSPS) is 10.8. The summed E-state index contributed by atoms with van der Waals surface area (Å²) in [4.78, 5) is 26.2. The lowest BCUT2D eigenvalue weighted by Crippen LogP contribution is -2.27. The number of aromatic nitrogens is 1. The van der Waals surface area contributed by atoms with E-state index in [0.29, 0.717) is 0 Å². The SMILES string of the molecule is CC(C)(C)OC(=O)Nc1cccc(C(N)=O)n1. The molecule has 0 saturated carbocycles. The third kappa shape index (κ3) is 4.50. The summed E-state index contributed by atoms with van der Waals surface area (Å²) in [5.74, 6) is -0.437. The molecule has 6 heteroatoms. The molecule has 1 aromatic rings. The smallest absolute Gasteiger partial charge is 0.413 e. The van der Waals surface area contributed by atoms with Crippen molar-refractivity contribution in [1.29, 1.82) is 0 Å². The minimum atomic E-state index is -0.655. The summed E-state index contributed by atoms with van der Waals surface area (Å²) in [5, 5.41) is 2.41. The average Bonchev–Trinajstić information content (AvgIpc) is 2.14. The van der Waals surface area contributed by atoms with Gasteiger partial charge in [0.2, 0.25) is 0 Å². The number of hydrogen-bond acceptors (Lipinski definition) is 4. The Hall–Kier alpha value is -2.11. The summed E-state index contributed by atoms with van der Waals surface area (Å²) in [6, 6.07) is 4.57. The number of pyridine rings is 1. The number of ether oxygens (including phenoxy) is 1. The highest BCUT2D eigenvalue weighted by atomic mass is 16.6. The van der Waals surface area contributed by atoms with E-state index in [1.165, 1.54) is 12.1 Å². The van der Waals surface area contributed by atoms with E-state index in [2.05, 4.69) is 10.3 Å². The first-order chi connectivity index (χ1) is 7.78. The fraction of sp³-hybridized carbons (Fsp3) is 0.364. The predicted octanol–water partition coefficient (Wildman–Crippen LogP) is 1.53. The molecule has 0 aliphatic carbocycles. The van der Waals surface area contributed by atoms with Crippen molar-refractivity contribution in [2.45, 2.75) is 26.4 Å². The summed E-state index contributed by atoms with van der Waals surface area (Å²) >= 11 is 0. The Morgan fingerprint density at radius 1 is 1.35 bits per heavy atom. The van der Waals surface area contributed by atoms with Gasteiger partial charge in [-0.05, 0) is 32.9 Å². The third-order valence-electron chi connectivity index (χ3n) is 1.63. The molecule has 0 aliphatic heterocycles. The van der Waals surface area contributed by atoms with Crippen molar-refractivity contribution in [2.24, 2.45) is 5.73 Å². The fourth-order valence-electron chi connectivity index (χ4n) is 1.05. The molecule has 1 aromatic heterocycles. The molecule has 17 heavy (non-hydrogen) atoms. The number of carbonyl (C=O) groups excluding carboxylic acids is 2. The largest absolute Gasteiger partial charge is 0.444 e. The maximum atomic E-state index is 11.4. The van der Waals surface area contributed by atoms with E-state index in [0.717, 1.165) is 0 Å². The molecule has 92 valence electrons. The number of hydrogen-bond donors (Lipinski definition) is 2. The zero-order valence-corrected chi connectivity index (χ0v) is 9.98. The molecule has 2 amide bonds. The molecule has 0 bridgehead atoms. The van der Waals surface area contributed by atoms with E-state index in [1.807, 2.05) is 0 Å². The second-order valence-corrected chi connectivity index (χ2v) is 4.40. The highest BCUT2D eigenvalue weighted by molar-refractivity contribution is 5.92. The Kier molecular flexibility index (Phi) is 3.67. The minimum absolute atomic E-state index is 0.0820. The lowest BCUT2D eigenvalue weighted by molar-refractivity contribution is 0.0635. The van der Waals surface area contributed by atoms with Gasteiger partial charge in [-0.25, -0.2) is 9.78 Å². The molecule has 0 spiro atoms. The Labute approximate surface area is 99.2 Å². The summed E-state index contributed by atoms with van der Waals surface area (Å²) in [6.45, 7) is 5.25. The zero-order valence-electron chi connectivity index (χ0n) is 9.98. The van der Waals surface area contributed by atoms with Crippen LogP contribution in [0.15, 0.2) is 18.2 Å². The summed E-state index contributed by atoms with van der Waals surface area (Å²) < 4.78 is 5.04. The van der Waals surface area contributed by atoms with E-state index >= 15 is 0 Å². The van der Waals surface area contributed by atoms with E-state index in [-0.39, 0.29) is 11.5 Å². The highest BCUT2D eigenvalue weighted by Gasteiger charge is 2.16. The van der Waals surface area contributed by atoms with Crippen LogP contribution in [-0.4, -0.2) is 22.6 Å². The van der Waals surface area contributed by atoms with Crippen molar-refractivity contribution in [3.8, 4) is 0 Å². The second kappa shape index (κ2) is 4.82. The van der Waals surface area contributed by atoms with Crippen LogP contribution < -0.4 is 11.1 Å². The lowest BCUT2D eigenvalue weighted by atomic mass is 10.2. The maximum absolute atomic E-state index is 11.4. The van der Waals surface area contributed by atoms with E-state index < -0.39 is 17.6 Å². The number of anilines is 1. The molecule has 0 aliphatic rings. The van der Waals surface area contributed by atoms with Crippen LogP contribution in [0.5, 0.6) is 0 Å². The van der Waals surface area contributed by atoms with Gasteiger partial charge in [0.1, 0.15) is 17.1 Å². The number of amides is 2. The molecular weight excluding hydrogens is 222 g/mol. The van der Waals surface area contributed by atoms with Gasteiger partial charge in [-0.15, -0.1) is 0 Å². The van der Waals surface area contributed by atoms with Crippen molar-refractivity contribution in [1.82, 2.24) is 4.98 Å². The van der Waals surface area contributed by atoms with Gasteiger partial charge in [0.05, 0.1) is 0 Å². The molecule has 0 aromatic carbocycles. The van der Waals surface area contributed by atoms with Crippen molar-refractivity contribution in [3.05, 3.63) is 23.9 Å². The standard InChI is InChI=1S/C11H15N3O3/c1-11(2,3)17-10(16)14-8-6-4-5-7(13-8)9(12)15/h4-6H,1-3H3,(H2,12,15)(H,13,14,16). The second-order valence-electron chi connectivity index (χ2n) is 4.40. The van der Waals surface area contributed by atoms with Crippen molar-refractivity contribution >= 4 is 17.8 Å². The van der Waals surface area contributed by atoms with Crippen LogP contribution in [0, 0.1) is 0 Å². The molecule has 1 rings (SSSR count). The Morgan fingerprint density at radius 2 is 2.00 bits per heavy atom. The Bertz CT molecular complexity index is 438. The van der Waals surface area contributed by atoms with Gasteiger partial charge in [-0.1, -0.05) is 6.07 Å². The van der Waals surface area contributed by atoms with Gasteiger partial charge in [-0.3, -0.25) is 10.1 Å². The van der Waals surface area contributed by atoms with Crippen molar-refractivity contribution in [3.63, 3.8) is 0 Å². The first-order valence-corrected chi connectivity index (χ1v) is 5.05. The fourth-order valence-corrected chi connectivity index (χ4v) is 1.05. The van der Waals surface area contributed by atoms with E-state index in [4.69, 9.17) is 10.5 Å². The lowest BCUT2D eigenvalue weighted by Gasteiger charge is -2.19. The van der Waals surface area contributed by atoms with Gasteiger partial charge in [0.25, 0.3) is 5.91 Å². The van der Waals surface area contributed by atoms with Crippen LogP contribution in [0.25, 0.3) is 0 Å². The van der Waals surface area contributed by atoms with Gasteiger partial charge in [0.15, 0.2) is 0 Å². The zero-order chi connectivity index (χ0) is 13.1. The average molecular weight is 237 g/mol. The van der Waals surface area contributed by atoms with Gasteiger partial charge in [0, 0.05) is 0 Å². The Morgan fingerprint density at radius 3 is 2.53 bits per heavy atom. The molecular formula is C11H15N3O3. The number of nitrogens with two attached hydrogens (primary N) is 1. The van der Waals surface area contributed by atoms with Crippen LogP contribution >= 0.6 is 0 Å². The summed E-state index contributed by atoms with van der Waals surface area (Å²) in [6.07, 6.45) is -0.633. The first-order valence-electron chi connectivity index (χ1n) is 5.05. The molecule has 1 heterocycles. The van der Waals surface area contributed by atoms with Crippen LogP contribution in [0.4, 0.5) is 10.6 Å². The van der Waals surface area contributed by atoms with Gasteiger partial charge in [-0.2, -0.15) is 0 Å². The van der Waals surface area contributed by atoms with Gasteiger partial charge >= 0.3 is 6.09 Å². The molecule has 3 N–H and O–H groups in total. The monoisotopic (exact) mass is 237 g/mol. The van der Waals surface area contributed by atoms with Crippen LogP contribution in [0.1, 0.15) is 31.3 Å².